The van der Waals surface area contributed by atoms with Crippen molar-refractivity contribution >= 4 is 11.8 Å². The van der Waals surface area contributed by atoms with Gasteiger partial charge in [-0.3, -0.25) is 9.59 Å². The smallest absolute Gasteiger partial charge is 0.223 e. The van der Waals surface area contributed by atoms with Crippen LogP contribution in [0.2, 0.25) is 0 Å². The minimum absolute atomic E-state index is 0.0989. The molecule has 1 fully saturated rings. The van der Waals surface area contributed by atoms with Crippen LogP contribution in [0, 0.1) is 19.8 Å². The fourth-order valence-corrected chi connectivity index (χ4v) is 2.95. The second kappa shape index (κ2) is 8.18. The number of rotatable bonds is 8. The maximum Gasteiger partial charge on any atom is 0.223 e. The second-order valence-corrected chi connectivity index (χ2v) is 6.68. The lowest BCUT2D eigenvalue weighted by atomic mass is 10.1. The van der Waals surface area contributed by atoms with E-state index in [0.717, 1.165) is 35.3 Å². The molecule has 0 radical (unpaired) electrons. The van der Waals surface area contributed by atoms with Crippen LogP contribution in [0.25, 0.3) is 0 Å². The van der Waals surface area contributed by atoms with Crippen molar-refractivity contribution in [2.45, 2.75) is 46.1 Å². The Kier molecular flexibility index (Phi) is 6.23. The summed E-state index contributed by atoms with van der Waals surface area (Å²) in [7, 11) is 3.49. The Morgan fingerprint density at radius 1 is 1.25 bits per heavy atom. The molecular formula is C19H28N2O3. The van der Waals surface area contributed by atoms with Crippen LogP contribution < -0.4 is 10.1 Å². The van der Waals surface area contributed by atoms with Crippen molar-refractivity contribution in [1.29, 1.82) is 0 Å². The Bertz CT molecular complexity index is 586. The molecule has 1 saturated carbocycles. The molecule has 1 aliphatic rings. The lowest BCUT2D eigenvalue weighted by molar-refractivity contribution is -0.130. The van der Waals surface area contributed by atoms with Crippen LogP contribution in [0.1, 0.15) is 42.4 Å². The predicted octanol–water partition coefficient (Wildman–Crippen LogP) is 2.58. The van der Waals surface area contributed by atoms with Gasteiger partial charge < -0.3 is 15.0 Å². The third-order valence-electron chi connectivity index (χ3n) is 4.38. The van der Waals surface area contributed by atoms with Gasteiger partial charge in [-0.05, 0) is 49.8 Å². The summed E-state index contributed by atoms with van der Waals surface area (Å²) >= 11 is 0. The van der Waals surface area contributed by atoms with Crippen LogP contribution >= 0.6 is 0 Å². The standard InChI is InChI=1S/C19H28N2O3/c1-13-10-15(11-14(2)18(13)24-4)12-21(3)17(22)6-5-9-20-19(23)16-7-8-16/h10-11,16H,5-9,12H2,1-4H3,(H,20,23). The molecule has 0 saturated heterocycles. The summed E-state index contributed by atoms with van der Waals surface area (Å²) in [6, 6.07) is 4.12. The van der Waals surface area contributed by atoms with Gasteiger partial charge in [0, 0.05) is 32.5 Å². The number of carbonyl (C=O) groups excluding carboxylic acids is 2. The average molecular weight is 332 g/mol. The lowest BCUT2D eigenvalue weighted by Gasteiger charge is -2.19. The van der Waals surface area contributed by atoms with Gasteiger partial charge in [0.2, 0.25) is 11.8 Å². The zero-order valence-electron chi connectivity index (χ0n) is 15.1. The number of aryl methyl sites for hydroxylation is 2. The number of hydrogen-bond donors (Lipinski definition) is 1. The first-order valence-corrected chi connectivity index (χ1v) is 8.58. The Labute approximate surface area is 144 Å². The quantitative estimate of drug-likeness (QED) is 0.744. The first kappa shape index (κ1) is 18.3. The molecule has 2 rings (SSSR count). The Hall–Kier alpha value is -2.04. The SMILES string of the molecule is COc1c(C)cc(CN(C)C(=O)CCCNC(=O)C2CC2)cc1C. The highest BCUT2D eigenvalue weighted by atomic mass is 16.5. The molecule has 0 aromatic heterocycles. The normalized spacial score (nSPS) is 13.5. The van der Waals surface area contributed by atoms with Crippen LogP contribution in [-0.4, -0.2) is 37.4 Å². The molecule has 0 bridgehead atoms. The van der Waals surface area contributed by atoms with Crippen molar-refractivity contribution < 1.29 is 14.3 Å². The molecule has 0 atom stereocenters. The van der Waals surface area contributed by atoms with Crippen LogP contribution in [0.4, 0.5) is 0 Å². The van der Waals surface area contributed by atoms with Gasteiger partial charge >= 0.3 is 0 Å². The minimum Gasteiger partial charge on any atom is -0.496 e. The third kappa shape index (κ3) is 4.98. The summed E-state index contributed by atoms with van der Waals surface area (Å²) < 4.78 is 5.37. The molecule has 1 aromatic carbocycles. The molecule has 0 spiro atoms. The van der Waals surface area contributed by atoms with Gasteiger partial charge in [-0.2, -0.15) is 0 Å². The monoisotopic (exact) mass is 332 g/mol. The molecule has 132 valence electrons. The lowest BCUT2D eigenvalue weighted by Crippen LogP contribution is -2.29. The van der Waals surface area contributed by atoms with Gasteiger partial charge in [-0.25, -0.2) is 0 Å². The first-order chi connectivity index (χ1) is 11.4. The summed E-state index contributed by atoms with van der Waals surface area (Å²) in [5.74, 6) is 1.37. The highest BCUT2D eigenvalue weighted by molar-refractivity contribution is 5.81. The Morgan fingerprint density at radius 3 is 2.42 bits per heavy atom. The maximum absolute atomic E-state index is 12.2. The summed E-state index contributed by atoms with van der Waals surface area (Å²) in [6.07, 6.45) is 3.15. The molecule has 0 unspecified atom stereocenters. The number of carbonyl (C=O) groups is 2. The molecule has 1 aromatic rings. The van der Waals surface area contributed by atoms with E-state index in [1.807, 2.05) is 20.9 Å². The molecule has 1 aliphatic carbocycles. The number of benzene rings is 1. The number of methoxy groups -OCH3 is 1. The number of ether oxygens (including phenoxy) is 1. The van der Waals surface area contributed by atoms with Crippen molar-refractivity contribution in [2.24, 2.45) is 5.92 Å². The second-order valence-electron chi connectivity index (χ2n) is 6.68. The molecule has 1 N–H and O–H groups in total. The number of hydrogen-bond acceptors (Lipinski definition) is 3. The highest BCUT2D eigenvalue weighted by Gasteiger charge is 2.29. The first-order valence-electron chi connectivity index (χ1n) is 8.58. The molecular weight excluding hydrogens is 304 g/mol. The van der Waals surface area contributed by atoms with Crippen molar-refractivity contribution in [3.05, 3.63) is 28.8 Å². The zero-order valence-corrected chi connectivity index (χ0v) is 15.1. The van der Waals surface area contributed by atoms with Crippen molar-refractivity contribution in [2.75, 3.05) is 20.7 Å². The van der Waals surface area contributed by atoms with Gasteiger partial charge in [0.15, 0.2) is 0 Å². The van der Waals surface area contributed by atoms with Crippen LogP contribution in [0.15, 0.2) is 12.1 Å². The van der Waals surface area contributed by atoms with Gasteiger partial charge in [0.1, 0.15) is 5.75 Å². The molecule has 5 nitrogen and oxygen atoms in total. The van der Waals surface area contributed by atoms with Crippen LogP contribution in [0.3, 0.4) is 0 Å². The molecule has 5 heteroatoms. The fraction of sp³-hybridized carbons (Fsp3) is 0.579. The zero-order chi connectivity index (χ0) is 17.7. The summed E-state index contributed by atoms with van der Waals surface area (Å²) in [6.45, 7) is 5.19. The maximum atomic E-state index is 12.2. The molecule has 2 amide bonds. The Balaban J connectivity index is 1.77. The number of nitrogens with zero attached hydrogens (tertiary/aromatic N) is 1. The van der Waals surface area contributed by atoms with Gasteiger partial charge in [-0.1, -0.05) is 12.1 Å². The van der Waals surface area contributed by atoms with Crippen molar-refractivity contribution in [3.63, 3.8) is 0 Å². The van der Waals surface area contributed by atoms with E-state index >= 15 is 0 Å². The van der Waals surface area contributed by atoms with E-state index in [1.54, 1.807) is 12.0 Å². The van der Waals surface area contributed by atoms with Gasteiger partial charge in [-0.15, -0.1) is 0 Å². The van der Waals surface area contributed by atoms with Crippen LogP contribution in [0.5, 0.6) is 5.75 Å². The number of amides is 2. The van der Waals surface area contributed by atoms with E-state index < -0.39 is 0 Å². The van der Waals surface area contributed by atoms with E-state index in [1.165, 1.54) is 0 Å². The molecule has 24 heavy (non-hydrogen) atoms. The Morgan fingerprint density at radius 2 is 1.88 bits per heavy atom. The van der Waals surface area contributed by atoms with Crippen LogP contribution in [-0.2, 0) is 16.1 Å². The van der Waals surface area contributed by atoms with Gasteiger partial charge in [0.25, 0.3) is 0 Å². The van der Waals surface area contributed by atoms with Crippen molar-refractivity contribution in [3.8, 4) is 5.75 Å². The van der Waals surface area contributed by atoms with Crippen molar-refractivity contribution in [1.82, 2.24) is 10.2 Å². The largest absolute Gasteiger partial charge is 0.496 e. The van der Waals surface area contributed by atoms with E-state index in [4.69, 9.17) is 4.74 Å². The summed E-state index contributed by atoms with van der Waals surface area (Å²) in [4.78, 5) is 25.5. The summed E-state index contributed by atoms with van der Waals surface area (Å²) in [5, 5.41) is 2.89. The van der Waals surface area contributed by atoms with Gasteiger partial charge in [0.05, 0.1) is 7.11 Å². The van der Waals surface area contributed by atoms with E-state index in [-0.39, 0.29) is 17.7 Å². The third-order valence-corrected chi connectivity index (χ3v) is 4.38. The highest BCUT2D eigenvalue weighted by Crippen LogP contribution is 2.28. The topological polar surface area (TPSA) is 58.6 Å². The average Bonchev–Trinajstić information content (AvgIpc) is 3.35. The minimum atomic E-state index is 0.0989. The molecule has 0 heterocycles. The summed E-state index contributed by atoms with van der Waals surface area (Å²) in [5.41, 5.74) is 3.26. The molecule has 0 aliphatic heterocycles. The van der Waals surface area contributed by atoms with E-state index in [9.17, 15) is 9.59 Å². The van der Waals surface area contributed by atoms with E-state index in [2.05, 4.69) is 17.4 Å². The predicted molar refractivity (Wildman–Crippen MR) is 93.9 cm³/mol. The fourth-order valence-electron chi connectivity index (χ4n) is 2.95. The van der Waals surface area contributed by atoms with E-state index in [0.29, 0.717) is 25.9 Å². The number of nitrogens with one attached hydrogen (secondary N) is 1.